The molecule has 1 aromatic heterocycles. The molecule has 0 spiro atoms. The van der Waals surface area contributed by atoms with Crippen LogP contribution in [-0.2, 0) is 6.54 Å². The monoisotopic (exact) mass is 437 g/mol. The molecule has 0 saturated carbocycles. The molecular weight excluding hydrogens is 406 g/mol. The van der Waals surface area contributed by atoms with Crippen LogP contribution in [0.3, 0.4) is 0 Å². The van der Waals surface area contributed by atoms with Crippen LogP contribution >= 0.6 is 0 Å². The van der Waals surface area contributed by atoms with Crippen LogP contribution in [0.1, 0.15) is 12.0 Å². The van der Waals surface area contributed by atoms with Crippen molar-refractivity contribution in [2.45, 2.75) is 13.0 Å². The molecule has 2 saturated heterocycles. The molecule has 3 heterocycles. The Bertz CT molecular complexity index is 916. The number of hydrogen-bond donors (Lipinski definition) is 0. The summed E-state index contributed by atoms with van der Waals surface area (Å²) in [7, 11) is 0. The highest BCUT2D eigenvalue weighted by atomic mass is 16.6. The maximum Gasteiger partial charge on any atom is 0.353 e. The Hall–Kier alpha value is -3.04. The first kappa shape index (κ1) is 22.2. The van der Waals surface area contributed by atoms with E-state index in [1.165, 1.54) is 11.9 Å². The maximum absolute atomic E-state index is 12.1. The van der Waals surface area contributed by atoms with Gasteiger partial charge in [-0.3, -0.25) is 19.9 Å². The smallest absolute Gasteiger partial charge is 0.349 e. The largest absolute Gasteiger partial charge is 0.353 e. The Kier molecular flexibility index (Phi) is 7.28. The average Bonchev–Trinajstić information content (AvgIpc) is 3.05. The molecule has 0 aliphatic carbocycles. The van der Waals surface area contributed by atoms with Crippen molar-refractivity contribution in [2.24, 2.45) is 0 Å². The van der Waals surface area contributed by atoms with E-state index in [0.717, 1.165) is 52.2 Å². The molecule has 0 atom stereocenters. The molecule has 2 aromatic rings. The highest BCUT2D eigenvalue weighted by Crippen LogP contribution is 2.35. The highest BCUT2D eigenvalue weighted by molar-refractivity contribution is 5.71. The molecule has 0 amide bonds. The zero-order valence-corrected chi connectivity index (χ0v) is 18.5. The molecule has 170 valence electrons. The molecule has 9 nitrogen and oxygen atoms in total. The lowest BCUT2D eigenvalue weighted by Crippen LogP contribution is -2.46. The van der Waals surface area contributed by atoms with Crippen molar-refractivity contribution in [2.75, 3.05) is 68.7 Å². The first-order valence-corrected chi connectivity index (χ1v) is 11.2. The third-order valence-corrected chi connectivity index (χ3v) is 6.16. The molecule has 0 radical (unpaired) electrons. The number of aromatic nitrogens is 2. The Morgan fingerprint density at radius 2 is 1.53 bits per heavy atom. The molecule has 1 aromatic carbocycles. The summed E-state index contributed by atoms with van der Waals surface area (Å²) < 4.78 is 0. The predicted molar refractivity (Wildman–Crippen MR) is 126 cm³/mol. The van der Waals surface area contributed by atoms with Gasteiger partial charge in [0.2, 0.25) is 11.6 Å². The van der Waals surface area contributed by atoms with Gasteiger partial charge in [-0.05, 0) is 12.0 Å². The molecule has 2 fully saturated rings. The zero-order chi connectivity index (χ0) is 22.3. The molecule has 0 unspecified atom stereocenters. The predicted octanol–water partition coefficient (Wildman–Crippen LogP) is 2.41. The van der Waals surface area contributed by atoms with Crippen LogP contribution in [0.2, 0.25) is 0 Å². The van der Waals surface area contributed by atoms with Crippen LogP contribution in [0.5, 0.6) is 0 Å². The van der Waals surface area contributed by atoms with Crippen LogP contribution in [0.15, 0.2) is 49.3 Å². The normalized spacial score (nSPS) is 18.4. The van der Waals surface area contributed by atoms with Gasteiger partial charge in [-0.1, -0.05) is 36.4 Å². The minimum atomic E-state index is -0.312. The van der Waals surface area contributed by atoms with Crippen LogP contribution < -0.4 is 9.80 Å². The summed E-state index contributed by atoms with van der Waals surface area (Å²) in [5.41, 5.74) is 1.31. The summed E-state index contributed by atoms with van der Waals surface area (Å²) in [6.07, 6.45) is 4.31. The fraction of sp³-hybridized carbons (Fsp3) is 0.478. The van der Waals surface area contributed by atoms with Crippen molar-refractivity contribution in [1.82, 2.24) is 19.8 Å². The molecule has 9 heteroatoms. The second-order valence-electron chi connectivity index (χ2n) is 8.31. The van der Waals surface area contributed by atoms with E-state index in [9.17, 15) is 10.1 Å². The first-order chi connectivity index (χ1) is 15.7. The quantitative estimate of drug-likeness (QED) is 0.371. The van der Waals surface area contributed by atoms with E-state index in [0.29, 0.717) is 31.3 Å². The van der Waals surface area contributed by atoms with Crippen molar-refractivity contribution in [3.8, 4) is 0 Å². The zero-order valence-electron chi connectivity index (χ0n) is 18.5. The molecule has 2 aliphatic heterocycles. The molecule has 32 heavy (non-hydrogen) atoms. The van der Waals surface area contributed by atoms with Gasteiger partial charge < -0.3 is 9.80 Å². The van der Waals surface area contributed by atoms with E-state index in [1.807, 2.05) is 21.9 Å². The topological polar surface area (TPSA) is 81.9 Å². The van der Waals surface area contributed by atoms with Gasteiger partial charge in [0.15, 0.2) is 0 Å². The first-order valence-electron chi connectivity index (χ1n) is 11.2. The minimum absolute atomic E-state index is 0.0289. The van der Waals surface area contributed by atoms with Crippen LogP contribution in [0.25, 0.3) is 0 Å². The van der Waals surface area contributed by atoms with Gasteiger partial charge in [-0.25, -0.2) is 9.97 Å². The Morgan fingerprint density at radius 1 is 0.906 bits per heavy atom. The van der Waals surface area contributed by atoms with E-state index in [-0.39, 0.29) is 10.6 Å². The number of hydrogen-bond acceptors (Lipinski definition) is 8. The number of rotatable bonds is 7. The summed E-state index contributed by atoms with van der Waals surface area (Å²) in [5, 5.41) is 12.1. The van der Waals surface area contributed by atoms with Crippen molar-refractivity contribution in [1.29, 1.82) is 0 Å². The van der Waals surface area contributed by atoms with Crippen LogP contribution in [0, 0.1) is 10.1 Å². The van der Waals surface area contributed by atoms with Gasteiger partial charge in [-0.15, -0.1) is 6.58 Å². The van der Waals surface area contributed by atoms with E-state index >= 15 is 0 Å². The molecule has 2 aliphatic rings. The van der Waals surface area contributed by atoms with Crippen molar-refractivity contribution in [3.05, 3.63) is 65.0 Å². The second kappa shape index (κ2) is 10.5. The lowest BCUT2D eigenvalue weighted by Gasteiger charge is -2.35. The maximum atomic E-state index is 12.1. The third kappa shape index (κ3) is 5.23. The number of nitro groups is 1. The molecule has 4 rings (SSSR count). The highest BCUT2D eigenvalue weighted by Gasteiger charge is 2.32. The summed E-state index contributed by atoms with van der Waals surface area (Å²) in [4.78, 5) is 29.3. The Labute approximate surface area is 189 Å². The van der Waals surface area contributed by atoms with Crippen molar-refractivity contribution >= 4 is 17.3 Å². The van der Waals surface area contributed by atoms with Gasteiger partial charge in [-0.2, -0.15) is 0 Å². The Balaban J connectivity index is 1.48. The van der Waals surface area contributed by atoms with E-state index < -0.39 is 0 Å². The lowest BCUT2D eigenvalue weighted by atomic mass is 10.2. The van der Waals surface area contributed by atoms with Crippen molar-refractivity contribution in [3.63, 3.8) is 0 Å². The molecule has 0 bridgehead atoms. The van der Waals surface area contributed by atoms with Gasteiger partial charge in [0.25, 0.3) is 0 Å². The average molecular weight is 438 g/mol. The SMILES string of the molecule is C=CCN1CCCN(c2ncnc(N3CCN(Cc4ccccc4)CC3)c2[N+](=O)[O-])CC1. The molecular formula is C23H31N7O2. The number of anilines is 2. The van der Waals surface area contributed by atoms with Crippen LogP contribution in [-0.4, -0.2) is 83.6 Å². The van der Waals surface area contributed by atoms with E-state index in [4.69, 9.17) is 0 Å². The fourth-order valence-electron chi connectivity index (χ4n) is 4.49. The number of nitrogens with zero attached hydrogens (tertiary/aromatic N) is 7. The summed E-state index contributed by atoms with van der Waals surface area (Å²) in [6.45, 7) is 11.9. The standard InChI is InChI=1S/C23H31N7O2/c1-2-9-26-10-6-11-28(15-12-26)22-21(30(31)32)23(25-19-24-22)29-16-13-27(14-17-29)18-20-7-4-3-5-8-20/h2-5,7-8,19H,1,6,9-18H2. The number of piperazine rings is 1. The molecule has 0 N–H and O–H groups in total. The summed E-state index contributed by atoms with van der Waals surface area (Å²) >= 11 is 0. The van der Waals surface area contributed by atoms with Crippen molar-refractivity contribution < 1.29 is 4.92 Å². The van der Waals surface area contributed by atoms with Gasteiger partial charge in [0, 0.05) is 65.4 Å². The lowest BCUT2D eigenvalue weighted by molar-refractivity contribution is -0.383. The van der Waals surface area contributed by atoms with E-state index in [1.54, 1.807) is 0 Å². The van der Waals surface area contributed by atoms with Gasteiger partial charge in [0.05, 0.1) is 4.92 Å². The third-order valence-electron chi connectivity index (χ3n) is 6.16. The fourth-order valence-corrected chi connectivity index (χ4v) is 4.49. The minimum Gasteiger partial charge on any atom is -0.349 e. The second-order valence-corrected chi connectivity index (χ2v) is 8.31. The summed E-state index contributed by atoms with van der Waals surface area (Å²) in [5.74, 6) is 0.874. The Morgan fingerprint density at radius 3 is 2.16 bits per heavy atom. The van der Waals surface area contributed by atoms with Gasteiger partial charge >= 0.3 is 5.69 Å². The van der Waals surface area contributed by atoms with E-state index in [2.05, 4.69) is 50.6 Å². The summed E-state index contributed by atoms with van der Waals surface area (Å²) in [6, 6.07) is 10.4. The number of benzene rings is 1. The van der Waals surface area contributed by atoms with Crippen LogP contribution in [0.4, 0.5) is 17.3 Å². The van der Waals surface area contributed by atoms with Gasteiger partial charge in [0.1, 0.15) is 6.33 Å².